The fraction of sp³-hybridized carbons (Fsp3) is 0.471. The fourth-order valence-corrected chi connectivity index (χ4v) is 3.21. The summed E-state index contributed by atoms with van der Waals surface area (Å²) >= 11 is 0. The summed E-state index contributed by atoms with van der Waals surface area (Å²) in [6.07, 6.45) is 5.17. The van der Waals surface area contributed by atoms with Gasteiger partial charge in [-0.15, -0.1) is 0 Å². The summed E-state index contributed by atoms with van der Waals surface area (Å²) in [6.45, 7) is 0.666. The van der Waals surface area contributed by atoms with E-state index in [0.29, 0.717) is 18.0 Å². The van der Waals surface area contributed by atoms with Crippen molar-refractivity contribution < 1.29 is 9.18 Å². The molecule has 1 atom stereocenters. The molecule has 23 heavy (non-hydrogen) atoms. The summed E-state index contributed by atoms with van der Waals surface area (Å²) in [5.41, 5.74) is 0.388. The number of halogens is 1. The number of nitrogens with one attached hydrogen (secondary N) is 1. The lowest BCUT2D eigenvalue weighted by Gasteiger charge is -2.34. The Hall–Kier alpha value is -2.24. The second kappa shape index (κ2) is 5.76. The summed E-state index contributed by atoms with van der Waals surface area (Å²) in [7, 11) is 0. The van der Waals surface area contributed by atoms with Crippen molar-refractivity contribution in [2.75, 3.05) is 6.54 Å². The molecule has 2 aliphatic rings. The van der Waals surface area contributed by atoms with E-state index in [9.17, 15) is 9.18 Å². The van der Waals surface area contributed by atoms with Gasteiger partial charge in [0.2, 0.25) is 0 Å². The molecule has 1 saturated carbocycles. The number of likely N-dealkylation sites (tertiary alicyclic amines) is 1. The van der Waals surface area contributed by atoms with Gasteiger partial charge in [0.05, 0.1) is 6.04 Å². The predicted molar refractivity (Wildman–Crippen MR) is 82.4 cm³/mol. The molecule has 1 amide bonds. The van der Waals surface area contributed by atoms with E-state index in [4.69, 9.17) is 0 Å². The normalized spacial score (nSPS) is 21.4. The number of piperidine rings is 1. The Morgan fingerprint density at radius 1 is 1.26 bits per heavy atom. The largest absolute Gasteiger partial charge is 0.328 e. The number of hydrogen-bond acceptors (Lipinski definition) is 3. The highest BCUT2D eigenvalue weighted by molar-refractivity contribution is 5.94. The monoisotopic (exact) mass is 314 g/mol. The van der Waals surface area contributed by atoms with Gasteiger partial charge in [-0.1, -0.05) is 6.07 Å². The maximum atomic E-state index is 13.4. The molecule has 0 spiro atoms. The third kappa shape index (κ3) is 2.85. The van der Waals surface area contributed by atoms with Crippen LogP contribution in [0.25, 0.3) is 0 Å². The summed E-state index contributed by atoms with van der Waals surface area (Å²) in [6, 6.07) is 5.78. The molecule has 5 nitrogen and oxygen atoms in total. The van der Waals surface area contributed by atoms with Crippen LogP contribution in [0, 0.1) is 5.82 Å². The van der Waals surface area contributed by atoms with Gasteiger partial charge in [0.15, 0.2) is 5.82 Å². The van der Waals surface area contributed by atoms with Crippen LogP contribution in [0.3, 0.4) is 0 Å². The van der Waals surface area contributed by atoms with Crippen LogP contribution in [0.1, 0.15) is 66.1 Å². The summed E-state index contributed by atoms with van der Waals surface area (Å²) in [4.78, 5) is 19.2. The number of rotatable bonds is 3. The van der Waals surface area contributed by atoms with Crippen LogP contribution < -0.4 is 0 Å². The average Bonchev–Trinajstić information content (AvgIpc) is 3.31. The topological polar surface area (TPSA) is 61.9 Å². The van der Waals surface area contributed by atoms with Gasteiger partial charge in [0, 0.05) is 18.0 Å². The molecule has 1 aromatic heterocycles. The zero-order valence-electron chi connectivity index (χ0n) is 12.8. The SMILES string of the molecule is O=C(c1cccc(F)c1)N1CCCCC1c1nc(C2CC2)n[nH]1. The molecule has 1 aliphatic heterocycles. The molecule has 1 N–H and O–H groups in total. The molecular formula is C17H19FN4O. The quantitative estimate of drug-likeness (QED) is 0.946. The van der Waals surface area contributed by atoms with Crippen molar-refractivity contribution in [1.82, 2.24) is 20.1 Å². The molecule has 0 bridgehead atoms. The Balaban J connectivity index is 1.60. The second-order valence-electron chi connectivity index (χ2n) is 6.37. The number of aromatic nitrogens is 3. The molecule has 2 fully saturated rings. The number of amides is 1. The fourth-order valence-electron chi connectivity index (χ4n) is 3.21. The van der Waals surface area contributed by atoms with Gasteiger partial charge in [-0.05, 0) is 50.3 Å². The third-order valence-corrected chi connectivity index (χ3v) is 4.61. The van der Waals surface area contributed by atoms with Gasteiger partial charge >= 0.3 is 0 Å². The second-order valence-corrected chi connectivity index (χ2v) is 6.37. The van der Waals surface area contributed by atoms with Crippen molar-refractivity contribution >= 4 is 5.91 Å². The molecule has 6 heteroatoms. The predicted octanol–water partition coefficient (Wildman–Crippen LogP) is 3.19. The maximum absolute atomic E-state index is 13.4. The number of H-pyrrole nitrogens is 1. The first-order valence-corrected chi connectivity index (χ1v) is 8.21. The van der Waals surface area contributed by atoms with Crippen molar-refractivity contribution in [1.29, 1.82) is 0 Å². The smallest absolute Gasteiger partial charge is 0.254 e. The molecule has 2 aromatic rings. The van der Waals surface area contributed by atoms with Crippen LogP contribution >= 0.6 is 0 Å². The van der Waals surface area contributed by atoms with Gasteiger partial charge in [-0.2, -0.15) is 5.10 Å². The molecule has 1 aromatic carbocycles. The first kappa shape index (κ1) is 14.4. The van der Waals surface area contributed by atoms with Crippen molar-refractivity contribution in [2.24, 2.45) is 0 Å². The molecule has 2 heterocycles. The van der Waals surface area contributed by atoms with E-state index < -0.39 is 0 Å². The zero-order chi connectivity index (χ0) is 15.8. The van der Waals surface area contributed by atoms with Gasteiger partial charge in [0.1, 0.15) is 11.6 Å². The Labute approximate surface area is 133 Å². The molecule has 4 rings (SSSR count). The Kier molecular flexibility index (Phi) is 3.59. The number of carbonyl (C=O) groups is 1. The van der Waals surface area contributed by atoms with Crippen molar-refractivity contribution in [3.8, 4) is 0 Å². The number of hydrogen-bond donors (Lipinski definition) is 1. The Morgan fingerprint density at radius 2 is 2.13 bits per heavy atom. The molecule has 1 saturated heterocycles. The third-order valence-electron chi connectivity index (χ3n) is 4.61. The van der Waals surface area contributed by atoms with E-state index in [1.807, 2.05) is 0 Å². The van der Waals surface area contributed by atoms with E-state index in [1.165, 1.54) is 12.1 Å². The minimum atomic E-state index is -0.389. The van der Waals surface area contributed by atoms with E-state index in [-0.39, 0.29) is 17.8 Å². The van der Waals surface area contributed by atoms with Crippen molar-refractivity contribution in [2.45, 2.75) is 44.1 Å². The first-order chi connectivity index (χ1) is 11.2. The standard InChI is InChI=1S/C17H19FN4O/c18-13-5-3-4-12(10-13)17(23)22-9-2-1-6-14(22)16-19-15(20-21-16)11-7-8-11/h3-5,10-11,14H,1-2,6-9H2,(H,19,20,21). The van der Waals surface area contributed by atoms with Crippen molar-refractivity contribution in [3.63, 3.8) is 0 Å². The first-order valence-electron chi connectivity index (χ1n) is 8.21. The van der Waals surface area contributed by atoms with Crippen LogP contribution in [-0.2, 0) is 0 Å². The van der Waals surface area contributed by atoms with Crippen molar-refractivity contribution in [3.05, 3.63) is 47.3 Å². The Morgan fingerprint density at radius 3 is 2.91 bits per heavy atom. The summed E-state index contributed by atoms with van der Waals surface area (Å²) < 4.78 is 13.4. The van der Waals surface area contributed by atoms with E-state index >= 15 is 0 Å². The van der Waals surface area contributed by atoms with Gasteiger partial charge < -0.3 is 4.90 Å². The zero-order valence-corrected chi connectivity index (χ0v) is 12.8. The summed E-state index contributed by atoms with van der Waals surface area (Å²) in [5, 5.41) is 7.32. The van der Waals surface area contributed by atoms with Crippen LogP contribution in [0.5, 0.6) is 0 Å². The van der Waals surface area contributed by atoms with Gasteiger partial charge in [0.25, 0.3) is 5.91 Å². The molecule has 0 radical (unpaired) electrons. The van der Waals surface area contributed by atoms with Crippen LogP contribution in [0.2, 0.25) is 0 Å². The molecule has 1 unspecified atom stereocenters. The highest BCUT2D eigenvalue weighted by atomic mass is 19.1. The lowest BCUT2D eigenvalue weighted by atomic mass is 10.00. The van der Waals surface area contributed by atoms with Gasteiger partial charge in [-0.3, -0.25) is 9.89 Å². The number of nitrogens with zero attached hydrogens (tertiary/aromatic N) is 3. The summed E-state index contributed by atoms with van der Waals surface area (Å²) in [5.74, 6) is 1.58. The van der Waals surface area contributed by atoms with E-state index in [1.54, 1.807) is 17.0 Å². The van der Waals surface area contributed by atoms with Crippen LogP contribution in [0.4, 0.5) is 4.39 Å². The average molecular weight is 314 g/mol. The molecular weight excluding hydrogens is 295 g/mol. The lowest BCUT2D eigenvalue weighted by Crippen LogP contribution is -2.39. The number of benzene rings is 1. The van der Waals surface area contributed by atoms with E-state index in [0.717, 1.165) is 43.8 Å². The lowest BCUT2D eigenvalue weighted by molar-refractivity contribution is 0.0600. The minimum Gasteiger partial charge on any atom is -0.328 e. The Bertz CT molecular complexity index is 725. The highest BCUT2D eigenvalue weighted by Crippen LogP contribution is 2.39. The number of carbonyl (C=O) groups excluding carboxylic acids is 1. The minimum absolute atomic E-state index is 0.0977. The van der Waals surface area contributed by atoms with E-state index in [2.05, 4.69) is 15.2 Å². The maximum Gasteiger partial charge on any atom is 0.254 e. The molecule has 120 valence electrons. The molecule has 1 aliphatic carbocycles. The number of aromatic amines is 1. The highest BCUT2D eigenvalue weighted by Gasteiger charge is 2.33. The van der Waals surface area contributed by atoms with Gasteiger partial charge in [-0.25, -0.2) is 9.37 Å². The van der Waals surface area contributed by atoms with Crippen LogP contribution in [0.15, 0.2) is 24.3 Å². The van der Waals surface area contributed by atoms with Crippen LogP contribution in [-0.4, -0.2) is 32.5 Å².